The smallest absolute Gasteiger partial charge is 0.268 e. The van der Waals surface area contributed by atoms with Crippen LogP contribution in [0.3, 0.4) is 0 Å². The molecule has 9 heteroatoms. The highest BCUT2D eigenvalue weighted by atomic mass is 32.1. The van der Waals surface area contributed by atoms with Crippen LogP contribution in [-0.4, -0.2) is 32.2 Å². The molecule has 8 nitrogen and oxygen atoms in total. The number of thiophene rings is 1. The van der Waals surface area contributed by atoms with Crippen LogP contribution in [0.1, 0.15) is 17.4 Å². The summed E-state index contributed by atoms with van der Waals surface area (Å²) in [6.07, 6.45) is -0.0927. The number of hydrogen-bond donors (Lipinski definition) is 0. The number of fused-ring (bicyclic) bond motifs is 1. The van der Waals surface area contributed by atoms with Crippen molar-refractivity contribution in [2.75, 3.05) is 7.11 Å². The van der Waals surface area contributed by atoms with Crippen LogP contribution < -0.4 is 4.74 Å². The monoisotopic (exact) mass is 381 g/mol. The molecule has 1 aliphatic heterocycles. The van der Waals surface area contributed by atoms with Crippen LogP contribution in [0.5, 0.6) is 5.75 Å². The lowest BCUT2D eigenvalue weighted by Crippen LogP contribution is -2.22. The van der Waals surface area contributed by atoms with Gasteiger partial charge in [0.15, 0.2) is 5.69 Å². The second-order valence-electron chi connectivity index (χ2n) is 6.04. The van der Waals surface area contributed by atoms with E-state index in [0.29, 0.717) is 30.6 Å². The van der Waals surface area contributed by atoms with E-state index in [9.17, 15) is 0 Å². The van der Waals surface area contributed by atoms with Crippen LogP contribution in [0.25, 0.3) is 22.3 Å². The van der Waals surface area contributed by atoms with Crippen LogP contribution in [-0.2, 0) is 17.9 Å². The minimum absolute atomic E-state index is 0.0927. The Labute approximate surface area is 158 Å². The molecule has 1 aromatic carbocycles. The molecule has 0 bridgehead atoms. The van der Waals surface area contributed by atoms with Crippen molar-refractivity contribution in [3.8, 4) is 28.0 Å². The molecule has 4 heterocycles. The molecule has 0 saturated carbocycles. The maximum Gasteiger partial charge on any atom is 0.268 e. The average molecular weight is 381 g/mol. The average Bonchev–Trinajstić information content (AvgIpc) is 3.46. The maximum atomic E-state index is 6.04. The third-order valence-corrected chi connectivity index (χ3v) is 5.31. The minimum atomic E-state index is -0.0927. The summed E-state index contributed by atoms with van der Waals surface area (Å²) in [7, 11) is 1.65. The second kappa shape index (κ2) is 6.60. The summed E-state index contributed by atoms with van der Waals surface area (Å²) in [5.74, 6) is 1.72. The predicted molar refractivity (Wildman–Crippen MR) is 97.2 cm³/mol. The van der Waals surface area contributed by atoms with Gasteiger partial charge in [0.25, 0.3) is 5.89 Å². The molecule has 0 saturated heterocycles. The molecule has 0 N–H and O–H groups in total. The van der Waals surface area contributed by atoms with Gasteiger partial charge in [0.2, 0.25) is 5.82 Å². The summed E-state index contributed by atoms with van der Waals surface area (Å²) in [6.45, 7) is 0.951. The first-order valence-corrected chi connectivity index (χ1v) is 9.25. The number of nitrogens with zero attached hydrogens (tertiary/aromatic N) is 5. The molecule has 0 unspecified atom stereocenters. The largest absolute Gasteiger partial charge is 0.497 e. The van der Waals surface area contributed by atoms with E-state index >= 15 is 0 Å². The molecule has 1 atom stereocenters. The molecule has 0 radical (unpaired) electrons. The van der Waals surface area contributed by atoms with Crippen LogP contribution in [0.4, 0.5) is 0 Å². The highest BCUT2D eigenvalue weighted by Crippen LogP contribution is 2.31. The number of benzene rings is 1. The molecular weight excluding hydrogens is 366 g/mol. The number of rotatable bonds is 4. The van der Waals surface area contributed by atoms with E-state index < -0.39 is 0 Å². The molecule has 136 valence electrons. The number of aromatic nitrogens is 5. The maximum absolute atomic E-state index is 6.04. The predicted octanol–water partition coefficient (Wildman–Crippen LogP) is 3.34. The van der Waals surface area contributed by atoms with E-state index in [0.717, 1.165) is 21.9 Å². The summed E-state index contributed by atoms with van der Waals surface area (Å²) >= 11 is 1.54. The summed E-state index contributed by atoms with van der Waals surface area (Å²) < 4.78 is 18.4. The Morgan fingerprint density at radius 2 is 2.11 bits per heavy atom. The molecule has 0 spiro atoms. The minimum Gasteiger partial charge on any atom is -0.497 e. The van der Waals surface area contributed by atoms with E-state index in [1.54, 1.807) is 18.4 Å². The lowest BCUT2D eigenvalue weighted by atomic mass is 10.1. The Kier molecular flexibility index (Phi) is 3.95. The number of hydrogen-bond acceptors (Lipinski definition) is 8. The Morgan fingerprint density at radius 1 is 1.22 bits per heavy atom. The van der Waals surface area contributed by atoms with Gasteiger partial charge in [-0.1, -0.05) is 28.6 Å². The van der Waals surface area contributed by atoms with Gasteiger partial charge in [0.05, 0.1) is 30.8 Å². The highest BCUT2D eigenvalue weighted by molar-refractivity contribution is 7.13. The zero-order valence-electron chi connectivity index (χ0n) is 14.4. The molecule has 4 aromatic rings. The summed E-state index contributed by atoms with van der Waals surface area (Å²) in [4.78, 5) is 5.37. The number of ether oxygens (including phenoxy) is 2. The van der Waals surface area contributed by atoms with Crippen molar-refractivity contribution in [3.05, 3.63) is 53.0 Å². The van der Waals surface area contributed by atoms with Gasteiger partial charge in [0.1, 0.15) is 11.9 Å². The third-order valence-electron chi connectivity index (χ3n) is 4.45. The summed E-state index contributed by atoms with van der Waals surface area (Å²) in [6, 6.07) is 11.7. The van der Waals surface area contributed by atoms with Crippen molar-refractivity contribution >= 4 is 11.3 Å². The molecule has 1 aliphatic rings. The topological polar surface area (TPSA) is 88.1 Å². The zero-order chi connectivity index (χ0) is 18.2. The SMILES string of the molecule is COc1ccc([C@H]2Cn3nnc(-c4noc(-c5cccs5)n4)c3CO2)cc1. The molecule has 27 heavy (non-hydrogen) atoms. The first-order valence-electron chi connectivity index (χ1n) is 8.37. The first-order chi connectivity index (χ1) is 13.3. The van der Waals surface area contributed by atoms with Gasteiger partial charge in [-0.3, -0.25) is 0 Å². The Hall–Kier alpha value is -3.04. The standard InChI is InChI=1S/C18H15N5O3S/c1-24-12-6-4-11(5-7-12)14-9-23-13(10-25-14)16(20-22-23)17-19-18(26-21-17)15-3-2-8-27-15/h2-8,14H,9-10H2,1H3/t14-/m1/s1. The van der Waals surface area contributed by atoms with Crippen molar-refractivity contribution in [3.63, 3.8) is 0 Å². The summed E-state index contributed by atoms with van der Waals surface area (Å²) in [5, 5.41) is 14.5. The van der Waals surface area contributed by atoms with Crippen LogP contribution in [0.2, 0.25) is 0 Å². The molecule has 0 fully saturated rings. The molecule has 0 aliphatic carbocycles. The van der Waals surface area contributed by atoms with Gasteiger partial charge in [-0.2, -0.15) is 4.98 Å². The van der Waals surface area contributed by atoms with Gasteiger partial charge in [-0.25, -0.2) is 4.68 Å². The Morgan fingerprint density at radius 3 is 2.89 bits per heavy atom. The van der Waals surface area contributed by atoms with Crippen LogP contribution >= 0.6 is 11.3 Å². The van der Waals surface area contributed by atoms with Crippen LogP contribution in [0, 0.1) is 0 Å². The van der Waals surface area contributed by atoms with Crippen molar-refractivity contribution in [1.82, 2.24) is 25.1 Å². The lowest BCUT2D eigenvalue weighted by molar-refractivity contribution is -0.00114. The van der Waals surface area contributed by atoms with Crippen LogP contribution in [0.15, 0.2) is 46.3 Å². The quantitative estimate of drug-likeness (QED) is 0.536. The Bertz CT molecular complexity index is 1060. The number of methoxy groups -OCH3 is 1. The lowest BCUT2D eigenvalue weighted by Gasteiger charge is -2.24. The fourth-order valence-electron chi connectivity index (χ4n) is 3.03. The van der Waals surface area contributed by atoms with Crippen molar-refractivity contribution in [1.29, 1.82) is 0 Å². The van der Waals surface area contributed by atoms with E-state index in [2.05, 4.69) is 20.5 Å². The fourth-order valence-corrected chi connectivity index (χ4v) is 3.67. The zero-order valence-corrected chi connectivity index (χ0v) is 15.2. The van der Waals surface area contributed by atoms with E-state index in [4.69, 9.17) is 14.0 Å². The molecule has 3 aromatic heterocycles. The van der Waals surface area contributed by atoms with E-state index in [-0.39, 0.29) is 6.10 Å². The molecule has 5 rings (SSSR count). The van der Waals surface area contributed by atoms with Gasteiger partial charge in [0, 0.05) is 0 Å². The molecule has 0 amide bonds. The van der Waals surface area contributed by atoms with Gasteiger partial charge in [-0.15, -0.1) is 16.4 Å². The Balaban J connectivity index is 1.40. The second-order valence-corrected chi connectivity index (χ2v) is 6.99. The van der Waals surface area contributed by atoms with Crippen molar-refractivity contribution in [2.45, 2.75) is 19.3 Å². The van der Waals surface area contributed by atoms with Crippen molar-refractivity contribution in [2.24, 2.45) is 0 Å². The van der Waals surface area contributed by atoms with E-state index in [1.807, 2.05) is 46.5 Å². The highest BCUT2D eigenvalue weighted by Gasteiger charge is 2.27. The van der Waals surface area contributed by atoms with Crippen molar-refractivity contribution < 1.29 is 14.0 Å². The van der Waals surface area contributed by atoms with E-state index in [1.165, 1.54) is 0 Å². The summed E-state index contributed by atoms with van der Waals surface area (Å²) in [5.41, 5.74) is 2.51. The van der Waals surface area contributed by atoms with Gasteiger partial charge >= 0.3 is 0 Å². The normalized spacial score (nSPS) is 16.3. The fraction of sp³-hybridized carbons (Fsp3) is 0.222. The van der Waals surface area contributed by atoms with Gasteiger partial charge in [-0.05, 0) is 29.1 Å². The first kappa shape index (κ1) is 16.2. The molecular formula is C18H15N5O3S. The third kappa shape index (κ3) is 2.90. The van der Waals surface area contributed by atoms with Gasteiger partial charge < -0.3 is 14.0 Å².